The van der Waals surface area contributed by atoms with Crippen LogP contribution in [0, 0.1) is 0 Å². The van der Waals surface area contributed by atoms with Gasteiger partial charge in [0.1, 0.15) is 11.5 Å². The molecular formula is C12H18ClN3O. The van der Waals surface area contributed by atoms with Gasteiger partial charge in [0.15, 0.2) is 0 Å². The number of pyridine rings is 1. The molecule has 1 fully saturated rings. The molecular weight excluding hydrogens is 238 g/mol. The van der Waals surface area contributed by atoms with E-state index < -0.39 is 0 Å². The van der Waals surface area contributed by atoms with Gasteiger partial charge >= 0.3 is 0 Å². The smallest absolute Gasteiger partial charge is 0.270 e. The predicted molar refractivity (Wildman–Crippen MR) is 70.2 cm³/mol. The Balaban J connectivity index is 0.00000144. The van der Waals surface area contributed by atoms with Gasteiger partial charge in [-0.2, -0.15) is 0 Å². The topological polar surface area (TPSA) is 68.0 Å². The number of hydrogen-bond acceptors (Lipinski definition) is 3. The SMILES string of the molecule is CC1(NC(=O)c2cccc(N)n2)CCCC1.Cl. The third-order valence-electron chi connectivity index (χ3n) is 3.13. The summed E-state index contributed by atoms with van der Waals surface area (Å²) in [5.41, 5.74) is 5.88. The van der Waals surface area contributed by atoms with Crippen molar-refractivity contribution < 1.29 is 4.79 Å². The first-order chi connectivity index (χ1) is 7.59. The van der Waals surface area contributed by atoms with Crippen LogP contribution in [0.3, 0.4) is 0 Å². The van der Waals surface area contributed by atoms with E-state index in [-0.39, 0.29) is 23.9 Å². The molecule has 0 unspecified atom stereocenters. The van der Waals surface area contributed by atoms with Crippen LogP contribution in [-0.4, -0.2) is 16.4 Å². The summed E-state index contributed by atoms with van der Waals surface area (Å²) in [6.45, 7) is 2.09. The van der Waals surface area contributed by atoms with E-state index in [1.54, 1.807) is 18.2 Å². The fraction of sp³-hybridized carbons (Fsp3) is 0.500. The highest BCUT2D eigenvalue weighted by molar-refractivity contribution is 5.93. The van der Waals surface area contributed by atoms with Crippen molar-refractivity contribution in [2.45, 2.75) is 38.1 Å². The van der Waals surface area contributed by atoms with Gasteiger partial charge in [0, 0.05) is 5.54 Å². The Bertz CT molecular complexity index is 402. The van der Waals surface area contributed by atoms with Crippen LogP contribution in [0.15, 0.2) is 18.2 Å². The number of anilines is 1. The van der Waals surface area contributed by atoms with Gasteiger partial charge in [0.05, 0.1) is 0 Å². The van der Waals surface area contributed by atoms with Crippen LogP contribution in [-0.2, 0) is 0 Å². The van der Waals surface area contributed by atoms with Gasteiger partial charge in [-0.05, 0) is 31.9 Å². The average molecular weight is 256 g/mol. The zero-order valence-electron chi connectivity index (χ0n) is 9.90. The maximum absolute atomic E-state index is 11.9. The molecule has 17 heavy (non-hydrogen) atoms. The molecule has 1 heterocycles. The second-order valence-electron chi connectivity index (χ2n) is 4.67. The number of hydrogen-bond donors (Lipinski definition) is 2. The van der Waals surface area contributed by atoms with Crippen LogP contribution < -0.4 is 11.1 Å². The van der Waals surface area contributed by atoms with Crippen LogP contribution in [0.4, 0.5) is 5.82 Å². The number of nitrogens with one attached hydrogen (secondary N) is 1. The van der Waals surface area contributed by atoms with Crippen molar-refractivity contribution in [2.75, 3.05) is 5.73 Å². The minimum absolute atomic E-state index is 0. The van der Waals surface area contributed by atoms with Crippen molar-refractivity contribution in [1.82, 2.24) is 10.3 Å². The Morgan fingerprint density at radius 1 is 1.41 bits per heavy atom. The van der Waals surface area contributed by atoms with Crippen LogP contribution >= 0.6 is 12.4 Å². The minimum Gasteiger partial charge on any atom is -0.384 e. The highest BCUT2D eigenvalue weighted by Crippen LogP contribution is 2.29. The fourth-order valence-corrected chi connectivity index (χ4v) is 2.20. The van der Waals surface area contributed by atoms with Crippen LogP contribution in [0.25, 0.3) is 0 Å². The predicted octanol–water partition coefficient (Wildman–Crippen LogP) is 2.15. The van der Waals surface area contributed by atoms with E-state index in [0.717, 1.165) is 12.8 Å². The second-order valence-corrected chi connectivity index (χ2v) is 4.67. The third kappa shape index (κ3) is 3.33. The van der Waals surface area contributed by atoms with Gasteiger partial charge in [0.25, 0.3) is 5.91 Å². The van der Waals surface area contributed by atoms with Crippen LogP contribution in [0.2, 0.25) is 0 Å². The quantitative estimate of drug-likeness (QED) is 0.851. The molecule has 1 amide bonds. The van der Waals surface area contributed by atoms with Gasteiger partial charge in [-0.3, -0.25) is 4.79 Å². The van der Waals surface area contributed by atoms with E-state index >= 15 is 0 Å². The standard InChI is InChI=1S/C12H17N3O.ClH/c1-12(7-2-3-8-12)15-11(16)9-5-4-6-10(13)14-9;/h4-6H,2-3,7-8H2,1H3,(H2,13,14)(H,15,16);1H. The zero-order valence-corrected chi connectivity index (χ0v) is 10.7. The van der Waals surface area contributed by atoms with Crippen LogP contribution in [0.5, 0.6) is 0 Å². The molecule has 5 heteroatoms. The Morgan fingerprint density at radius 3 is 2.65 bits per heavy atom. The molecule has 0 aromatic carbocycles. The number of amides is 1. The molecule has 0 bridgehead atoms. The van der Waals surface area contributed by atoms with Crippen molar-refractivity contribution in [3.8, 4) is 0 Å². The highest BCUT2D eigenvalue weighted by atomic mass is 35.5. The molecule has 2 rings (SSSR count). The van der Waals surface area contributed by atoms with E-state index in [9.17, 15) is 4.79 Å². The summed E-state index contributed by atoms with van der Waals surface area (Å²) in [7, 11) is 0. The van der Waals surface area contributed by atoms with Gasteiger partial charge in [0.2, 0.25) is 0 Å². The van der Waals surface area contributed by atoms with E-state index in [1.165, 1.54) is 12.8 Å². The zero-order chi connectivity index (χ0) is 11.6. The molecule has 1 aromatic rings. The summed E-state index contributed by atoms with van der Waals surface area (Å²) in [5.74, 6) is 0.251. The van der Waals surface area contributed by atoms with Gasteiger partial charge in [-0.1, -0.05) is 18.9 Å². The molecule has 1 saturated carbocycles. The Labute approximate surface area is 107 Å². The molecule has 1 aromatic heterocycles. The molecule has 94 valence electrons. The molecule has 1 aliphatic carbocycles. The van der Waals surface area contributed by atoms with E-state index in [2.05, 4.69) is 17.2 Å². The monoisotopic (exact) mass is 255 g/mol. The normalized spacial score (nSPS) is 17.2. The number of rotatable bonds is 2. The number of nitrogens with two attached hydrogens (primary N) is 1. The first-order valence-electron chi connectivity index (χ1n) is 5.64. The summed E-state index contributed by atoms with van der Waals surface area (Å²) in [4.78, 5) is 15.9. The molecule has 1 aliphatic rings. The number of aromatic nitrogens is 1. The van der Waals surface area contributed by atoms with Gasteiger partial charge in [-0.25, -0.2) is 4.98 Å². The largest absolute Gasteiger partial charge is 0.384 e. The van der Waals surface area contributed by atoms with E-state index in [1.807, 2.05) is 0 Å². The first-order valence-corrected chi connectivity index (χ1v) is 5.64. The molecule has 4 nitrogen and oxygen atoms in total. The third-order valence-corrected chi connectivity index (χ3v) is 3.13. The van der Waals surface area contributed by atoms with Gasteiger partial charge < -0.3 is 11.1 Å². The highest BCUT2D eigenvalue weighted by Gasteiger charge is 2.30. The lowest BCUT2D eigenvalue weighted by Crippen LogP contribution is -2.43. The van der Waals surface area contributed by atoms with Crippen molar-refractivity contribution in [2.24, 2.45) is 0 Å². The maximum atomic E-state index is 11.9. The van der Waals surface area contributed by atoms with Gasteiger partial charge in [-0.15, -0.1) is 12.4 Å². The number of carbonyl (C=O) groups is 1. The lowest BCUT2D eigenvalue weighted by Gasteiger charge is -2.24. The summed E-state index contributed by atoms with van der Waals surface area (Å²) < 4.78 is 0. The molecule has 0 saturated heterocycles. The average Bonchev–Trinajstić information content (AvgIpc) is 2.65. The molecule has 0 spiro atoms. The van der Waals surface area contributed by atoms with E-state index in [4.69, 9.17) is 5.73 Å². The van der Waals surface area contributed by atoms with Crippen molar-refractivity contribution in [3.05, 3.63) is 23.9 Å². The van der Waals surface area contributed by atoms with Crippen molar-refractivity contribution in [1.29, 1.82) is 0 Å². The molecule has 0 atom stereocenters. The Morgan fingerprint density at radius 2 is 2.06 bits per heavy atom. The van der Waals surface area contributed by atoms with Crippen molar-refractivity contribution >= 4 is 24.1 Å². The molecule has 0 aliphatic heterocycles. The minimum atomic E-state index is -0.128. The second kappa shape index (κ2) is 5.36. The Kier molecular flexibility index (Phi) is 4.34. The lowest BCUT2D eigenvalue weighted by molar-refractivity contribution is 0.0903. The summed E-state index contributed by atoms with van der Waals surface area (Å²) in [6, 6.07) is 5.10. The maximum Gasteiger partial charge on any atom is 0.270 e. The number of nitrogens with zero attached hydrogens (tertiary/aromatic N) is 1. The van der Waals surface area contributed by atoms with E-state index in [0.29, 0.717) is 11.5 Å². The number of carbonyl (C=O) groups excluding carboxylic acids is 1. The first kappa shape index (κ1) is 13.8. The molecule has 3 N–H and O–H groups in total. The lowest BCUT2D eigenvalue weighted by atomic mass is 10.0. The number of halogens is 1. The summed E-state index contributed by atoms with van der Waals surface area (Å²) in [6.07, 6.45) is 4.45. The summed E-state index contributed by atoms with van der Waals surface area (Å²) >= 11 is 0. The van der Waals surface area contributed by atoms with Crippen LogP contribution in [0.1, 0.15) is 43.1 Å². The van der Waals surface area contributed by atoms with Crippen molar-refractivity contribution in [3.63, 3.8) is 0 Å². The fourth-order valence-electron chi connectivity index (χ4n) is 2.20. The Hall–Kier alpha value is -1.29. The number of nitrogen functional groups attached to an aromatic ring is 1. The summed E-state index contributed by atoms with van der Waals surface area (Å²) in [5, 5.41) is 3.04. The molecule has 0 radical (unpaired) electrons.